The molecule has 12 heteroatoms. The second-order valence-electron chi connectivity index (χ2n) is 8.79. The summed E-state index contributed by atoms with van der Waals surface area (Å²) in [7, 11) is 1.27. The van der Waals surface area contributed by atoms with Gasteiger partial charge in [0.1, 0.15) is 0 Å². The SMILES string of the molecule is CNC(=O)C(=O)C(CC1CCNC1=O)NC(=O)c1cc(Cl)ccc1NC(=O)C1CCC(F)(F)CC1. The Morgan fingerprint density at radius 3 is 2.46 bits per heavy atom. The number of hydrogen-bond acceptors (Lipinski definition) is 5. The lowest BCUT2D eigenvalue weighted by Crippen LogP contribution is -2.48. The molecule has 4 amide bonds. The molecular formula is C23H27ClF2N4O5. The zero-order valence-electron chi connectivity index (χ0n) is 19.1. The van der Waals surface area contributed by atoms with Crippen LogP contribution in [0.15, 0.2) is 18.2 Å². The number of amides is 4. The van der Waals surface area contributed by atoms with Crippen LogP contribution >= 0.6 is 11.6 Å². The van der Waals surface area contributed by atoms with Crippen LogP contribution in [0.1, 0.15) is 48.9 Å². The zero-order chi connectivity index (χ0) is 25.8. The third kappa shape index (κ3) is 6.74. The van der Waals surface area contributed by atoms with Crippen molar-refractivity contribution in [3.05, 3.63) is 28.8 Å². The van der Waals surface area contributed by atoms with Crippen LogP contribution in [-0.4, -0.2) is 55.0 Å². The highest BCUT2D eigenvalue weighted by Crippen LogP contribution is 2.36. The van der Waals surface area contributed by atoms with Gasteiger partial charge in [-0.3, -0.25) is 24.0 Å². The highest BCUT2D eigenvalue weighted by molar-refractivity contribution is 6.38. The largest absolute Gasteiger partial charge is 0.356 e. The van der Waals surface area contributed by atoms with Gasteiger partial charge in [0, 0.05) is 43.3 Å². The lowest BCUT2D eigenvalue weighted by atomic mass is 9.86. The predicted molar refractivity (Wildman–Crippen MR) is 123 cm³/mol. The molecule has 0 bridgehead atoms. The lowest BCUT2D eigenvalue weighted by Gasteiger charge is -2.27. The quantitative estimate of drug-likeness (QED) is 0.396. The first-order valence-electron chi connectivity index (χ1n) is 11.3. The summed E-state index contributed by atoms with van der Waals surface area (Å²) < 4.78 is 26.9. The molecule has 1 aromatic rings. The highest BCUT2D eigenvalue weighted by atomic mass is 35.5. The van der Waals surface area contributed by atoms with Gasteiger partial charge in [0.2, 0.25) is 23.5 Å². The van der Waals surface area contributed by atoms with E-state index < -0.39 is 60.1 Å². The van der Waals surface area contributed by atoms with Crippen LogP contribution in [0.5, 0.6) is 0 Å². The Morgan fingerprint density at radius 1 is 1.17 bits per heavy atom. The van der Waals surface area contributed by atoms with Gasteiger partial charge in [0.15, 0.2) is 0 Å². The number of anilines is 1. The van der Waals surface area contributed by atoms with Crippen molar-refractivity contribution in [3.8, 4) is 0 Å². The highest BCUT2D eigenvalue weighted by Gasteiger charge is 2.38. The van der Waals surface area contributed by atoms with E-state index in [9.17, 15) is 32.8 Å². The van der Waals surface area contributed by atoms with E-state index in [2.05, 4.69) is 21.3 Å². The van der Waals surface area contributed by atoms with Crippen molar-refractivity contribution in [2.75, 3.05) is 18.9 Å². The first-order valence-corrected chi connectivity index (χ1v) is 11.7. The third-order valence-electron chi connectivity index (χ3n) is 6.33. The summed E-state index contributed by atoms with van der Waals surface area (Å²) in [6.07, 6.45) is -0.387. The Labute approximate surface area is 205 Å². The number of alkyl halides is 2. The van der Waals surface area contributed by atoms with Crippen LogP contribution in [-0.2, 0) is 19.2 Å². The van der Waals surface area contributed by atoms with Gasteiger partial charge in [-0.15, -0.1) is 0 Å². The Balaban J connectivity index is 1.78. The second kappa shape index (κ2) is 11.1. The topological polar surface area (TPSA) is 133 Å². The van der Waals surface area contributed by atoms with Gasteiger partial charge < -0.3 is 21.3 Å². The van der Waals surface area contributed by atoms with Gasteiger partial charge in [0.25, 0.3) is 11.8 Å². The molecule has 1 aliphatic heterocycles. The normalized spacial score (nSPS) is 20.5. The Morgan fingerprint density at radius 2 is 1.86 bits per heavy atom. The number of likely N-dealkylation sites (N-methyl/N-ethyl adjacent to an activating group) is 1. The number of nitrogens with one attached hydrogen (secondary N) is 4. The summed E-state index contributed by atoms with van der Waals surface area (Å²) in [5.74, 6) is -7.40. The fourth-order valence-electron chi connectivity index (χ4n) is 4.25. The van der Waals surface area contributed by atoms with Crippen molar-refractivity contribution >= 4 is 46.7 Å². The molecule has 0 aromatic heterocycles. The standard InChI is InChI=1S/C23H27ClF2N4O5/c1-27-22(35)18(31)17(10-13-6-9-28-19(13)32)30-21(34)15-11-14(24)2-3-16(15)29-20(33)12-4-7-23(25,26)8-5-12/h2-3,11-13,17H,4-10H2,1H3,(H,27,35)(H,28,32)(H,29,33)(H,30,34). The van der Waals surface area contributed by atoms with Gasteiger partial charge >= 0.3 is 0 Å². The second-order valence-corrected chi connectivity index (χ2v) is 9.23. The monoisotopic (exact) mass is 512 g/mol. The minimum Gasteiger partial charge on any atom is -0.356 e. The molecule has 1 saturated heterocycles. The van der Waals surface area contributed by atoms with Crippen LogP contribution in [0.4, 0.5) is 14.5 Å². The van der Waals surface area contributed by atoms with Crippen LogP contribution < -0.4 is 21.3 Å². The van der Waals surface area contributed by atoms with E-state index in [0.29, 0.717) is 13.0 Å². The Bertz CT molecular complexity index is 1030. The molecule has 1 heterocycles. The molecule has 190 valence electrons. The first kappa shape index (κ1) is 26.5. The molecular weight excluding hydrogens is 486 g/mol. The van der Waals surface area contributed by atoms with Gasteiger partial charge in [-0.2, -0.15) is 0 Å². The van der Waals surface area contributed by atoms with Crippen molar-refractivity contribution in [1.82, 2.24) is 16.0 Å². The molecule has 4 N–H and O–H groups in total. The van der Waals surface area contributed by atoms with E-state index in [0.717, 1.165) is 0 Å². The summed E-state index contributed by atoms with van der Waals surface area (Å²) in [5, 5.41) is 10.1. The minimum atomic E-state index is -2.79. The van der Waals surface area contributed by atoms with Gasteiger partial charge in [-0.25, -0.2) is 8.78 Å². The number of Topliss-reactive ketones (excluding diaryl/α,β-unsaturated/α-hetero) is 1. The Kier molecular flexibility index (Phi) is 8.42. The maximum absolute atomic E-state index is 13.4. The summed E-state index contributed by atoms with van der Waals surface area (Å²) in [6.45, 7) is 0.426. The third-order valence-corrected chi connectivity index (χ3v) is 6.56. The van der Waals surface area contributed by atoms with E-state index in [1.165, 1.54) is 25.2 Å². The molecule has 3 rings (SSSR count). The van der Waals surface area contributed by atoms with E-state index in [1.54, 1.807) is 0 Å². The molecule has 2 aliphatic rings. The number of rotatable bonds is 8. The van der Waals surface area contributed by atoms with Crippen LogP contribution in [0.2, 0.25) is 5.02 Å². The molecule has 2 unspecified atom stereocenters. The summed E-state index contributed by atoms with van der Waals surface area (Å²) in [4.78, 5) is 62.4. The number of carbonyl (C=O) groups excluding carboxylic acids is 5. The summed E-state index contributed by atoms with van der Waals surface area (Å²) >= 11 is 6.05. The fourth-order valence-corrected chi connectivity index (χ4v) is 4.43. The van der Waals surface area contributed by atoms with Crippen molar-refractivity contribution in [3.63, 3.8) is 0 Å². The number of hydrogen-bond donors (Lipinski definition) is 4. The molecule has 1 aliphatic carbocycles. The van der Waals surface area contributed by atoms with Gasteiger partial charge in [0.05, 0.1) is 17.3 Å². The van der Waals surface area contributed by atoms with Crippen molar-refractivity contribution in [1.29, 1.82) is 0 Å². The average molecular weight is 513 g/mol. The lowest BCUT2D eigenvalue weighted by molar-refractivity contribution is -0.139. The number of halogens is 3. The maximum Gasteiger partial charge on any atom is 0.289 e. The van der Waals surface area contributed by atoms with E-state index in [4.69, 9.17) is 11.6 Å². The predicted octanol–water partition coefficient (Wildman–Crippen LogP) is 2.04. The van der Waals surface area contributed by atoms with Crippen molar-refractivity contribution < 1.29 is 32.8 Å². The Hall–Kier alpha value is -3.08. The van der Waals surface area contributed by atoms with E-state index in [1.807, 2.05) is 0 Å². The smallest absolute Gasteiger partial charge is 0.289 e. The minimum absolute atomic E-state index is 0.0140. The van der Waals surface area contributed by atoms with Crippen LogP contribution in [0.3, 0.4) is 0 Å². The molecule has 35 heavy (non-hydrogen) atoms. The van der Waals surface area contributed by atoms with E-state index >= 15 is 0 Å². The number of benzene rings is 1. The molecule has 2 fully saturated rings. The van der Waals surface area contributed by atoms with Crippen LogP contribution in [0, 0.1) is 11.8 Å². The van der Waals surface area contributed by atoms with Crippen molar-refractivity contribution in [2.24, 2.45) is 11.8 Å². The number of ketones is 1. The molecule has 2 atom stereocenters. The molecule has 9 nitrogen and oxygen atoms in total. The zero-order valence-corrected chi connectivity index (χ0v) is 19.8. The average Bonchev–Trinajstić information content (AvgIpc) is 3.22. The fraction of sp³-hybridized carbons (Fsp3) is 0.522. The number of carbonyl (C=O) groups is 5. The van der Waals surface area contributed by atoms with Crippen LogP contribution in [0.25, 0.3) is 0 Å². The first-order chi connectivity index (χ1) is 16.5. The van der Waals surface area contributed by atoms with Gasteiger partial charge in [-0.1, -0.05) is 11.6 Å². The van der Waals surface area contributed by atoms with Gasteiger partial charge in [-0.05, 0) is 43.9 Å². The van der Waals surface area contributed by atoms with Crippen molar-refractivity contribution in [2.45, 2.75) is 50.5 Å². The summed E-state index contributed by atoms with van der Waals surface area (Å²) in [6, 6.07) is 2.83. The molecule has 0 radical (unpaired) electrons. The molecule has 0 spiro atoms. The van der Waals surface area contributed by atoms with E-state index in [-0.39, 0.29) is 41.4 Å². The summed E-state index contributed by atoms with van der Waals surface area (Å²) in [5.41, 5.74) is 0.0107. The molecule has 1 saturated carbocycles. The maximum atomic E-state index is 13.4. The molecule has 1 aromatic carbocycles.